The van der Waals surface area contributed by atoms with E-state index in [4.69, 9.17) is 4.98 Å². The number of H-pyrrole nitrogens is 1. The number of hydrogen-bond acceptors (Lipinski definition) is 5. The van der Waals surface area contributed by atoms with Crippen molar-refractivity contribution < 1.29 is 8.78 Å². The van der Waals surface area contributed by atoms with Crippen molar-refractivity contribution in [1.82, 2.24) is 20.4 Å². The summed E-state index contributed by atoms with van der Waals surface area (Å²) in [4.78, 5) is 14.3. The largest absolute Gasteiger partial charge is 0.376 e. The van der Waals surface area contributed by atoms with Gasteiger partial charge in [0.15, 0.2) is 5.82 Å². The van der Waals surface area contributed by atoms with E-state index in [-0.39, 0.29) is 11.6 Å². The molecule has 178 valence electrons. The average Bonchev–Trinajstić information content (AvgIpc) is 3.34. The molecule has 3 heterocycles. The Kier molecular flexibility index (Phi) is 5.21. The molecule has 6 nitrogen and oxygen atoms in total. The molecule has 1 aliphatic heterocycles. The number of fused-ring (bicyclic) bond motifs is 2. The summed E-state index contributed by atoms with van der Waals surface area (Å²) in [5, 5.41) is 4.45. The van der Waals surface area contributed by atoms with Gasteiger partial charge in [-0.1, -0.05) is 36.4 Å². The number of nitrogens with zero attached hydrogens (tertiary/aromatic N) is 4. The van der Waals surface area contributed by atoms with Crippen molar-refractivity contribution in [3.8, 4) is 22.3 Å². The van der Waals surface area contributed by atoms with Gasteiger partial charge in [-0.15, -0.1) is 0 Å². The Morgan fingerprint density at radius 3 is 2.53 bits per heavy atom. The molecule has 0 radical (unpaired) electrons. The smallest absolute Gasteiger partial charge is 0.159 e. The lowest BCUT2D eigenvalue weighted by atomic mass is 9.94. The van der Waals surface area contributed by atoms with E-state index in [9.17, 15) is 4.39 Å². The third-order valence-electron chi connectivity index (χ3n) is 6.37. The van der Waals surface area contributed by atoms with Gasteiger partial charge in [0, 0.05) is 42.5 Å². The highest BCUT2D eigenvalue weighted by Crippen LogP contribution is 2.33. The van der Waals surface area contributed by atoms with Crippen molar-refractivity contribution in [1.29, 1.82) is 0 Å². The summed E-state index contributed by atoms with van der Waals surface area (Å²) < 4.78 is 29.6. The van der Waals surface area contributed by atoms with Crippen molar-refractivity contribution in [2.45, 2.75) is 6.54 Å². The monoisotopic (exact) mass is 480 g/mol. The normalized spacial score (nSPS) is 12.7. The fourth-order valence-electron chi connectivity index (χ4n) is 4.50. The molecule has 0 aliphatic carbocycles. The maximum absolute atomic E-state index is 16.1. The Morgan fingerprint density at radius 1 is 0.889 bits per heavy atom. The van der Waals surface area contributed by atoms with Crippen LogP contribution in [0.5, 0.6) is 0 Å². The van der Waals surface area contributed by atoms with Gasteiger partial charge in [-0.25, -0.2) is 13.8 Å². The lowest BCUT2D eigenvalue weighted by Crippen LogP contribution is -2.24. The molecule has 5 aromatic rings. The second-order valence-corrected chi connectivity index (χ2v) is 8.88. The highest BCUT2D eigenvalue weighted by molar-refractivity contribution is 6.14. The number of hydrazone groups is 1. The zero-order chi connectivity index (χ0) is 24.8. The summed E-state index contributed by atoms with van der Waals surface area (Å²) in [5.74, 6) is -0.223. The van der Waals surface area contributed by atoms with Crippen LogP contribution in [-0.4, -0.2) is 34.8 Å². The van der Waals surface area contributed by atoms with E-state index in [1.165, 1.54) is 12.1 Å². The molecule has 2 aromatic heterocycles. The molecule has 3 aromatic carbocycles. The molecule has 0 spiro atoms. The summed E-state index contributed by atoms with van der Waals surface area (Å²) in [6.07, 6.45) is 3.40. The number of aromatic nitrogens is 3. The number of rotatable bonds is 4. The molecular formula is C28H22F2N6. The Hall–Kier alpha value is -4.59. The van der Waals surface area contributed by atoms with Crippen LogP contribution < -0.4 is 10.3 Å². The minimum atomic E-state index is -0.371. The van der Waals surface area contributed by atoms with Crippen molar-refractivity contribution >= 4 is 22.4 Å². The van der Waals surface area contributed by atoms with E-state index in [1.54, 1.807) is 30.6 Å². The first-order valence-corrected chi connectivity index (χ1v) is 11.5. The van der Waals surface area contributed by atoms with E-state index >= 15 is 4.39 Å². The lowest BCUT2D eigenvalue weighted by molar-refractivity contribution is 0.617. The van der Waals surface area contributed by atoms with Gasteiger partial charge in [-0.3, -0.25) is 4.98 Å². The topological polar surface area (TPSA) is 69.2 Å². The number of hydrogen-bond donors (Lipinski definition) is 2. The molecule has 0 bridgehead atoms. The first-order valence-electron chi connectivity index (χ1n) is 11.5. The van der Waals surface area contributed by atoms with Gasteiger partial charge >= 0.3 is 0 Å². The summed E-state index contributed by atoms with van der Waals surface area (Å²) >= 11 is 0. The summed E-state index contributed by atoms with van der Waals surface area (Å²) in [6.45, 7) is 0.410. The van der Waals surface area contributed by atoms with Crippen LogP contribution in [-0.2, 0) is 6.54 Å². The number of imidazole rings is 1. The maximum atomic E-state index is 16.1. The molecule has 0 atom stereocenters. The second kappa shape index (κ2) is 8.57. The fourth-order valence-corrected chi connectivity index (χ4v) is 4.50. The Bertz CT molecular complexity index is 1640. The fraction of sp³-hybridized carbons (Fsp3) is 0.107. The van der Waals surface area contributed by atoms with Crippen molar-refractivity contribution in [2.75, 3.05) is 19.0 Å². The van der Waals surface area contributed by atoms with Crippen LogP contribution in [0.25, 0.3) is 33.3 Å². The second-order valence-electron chi connectivity index (χ2n) is 8.88. The predicted molar refractivity (Wildman–Crippen MR) is 138 cm³/mol. The van der Waals surface area contributed by atoms with Crippen LogP contribution in [0.1, 0.15) is 17.0 Å². The molecule has 0 unspecified atom stereocenters. The van der Waals surface area contributed by atoms with Gasteiger partial charge in [-0.05, 0) is 35.4 Å². The third-order valence-corrected chi connectivity index (χ3v) is 6.37. The van der Waals surface area contributed by atoms with E-state index in [0.717, 1.165) is 27.9 Å². The minimum absolute atomic E-state index is 0.300. The molecule has 0 amide bonds. The number of benzene rings is 3. The number of anilines is 1. The maximum Gasteiger partial charge on any atom is 0.159 e. The van der Waals surface area contributed by atoms with E-state index in [0.29, 0.717) is 40.3 Å². The highest BCUT2D eigenvalue weighted by atomic mass is 19.1. The number of aromatic amines is 1. The van der Waals surface area contributed by atoms with Gasteiger partial charge in [0.2, 0.25) is 0 Å². The van der Waals surface area contributed by atoms with Crippen LogP contribution >= 0.6 is 0 Å². The zero-order valence-corrected chi connectivity index (χ0v) is 19.7. The molecular weight excluding hydrogens is 458 g/mol. The Labute approximate surface area is 206 Å². The molecule has 36 heavy (non-hydrogen) atoms. The van der Waals surface area contributed by atoms with Crippen LogP contribution in [0.4, 0.5) is 14.5 Å². The molecule has 0 saturated heterocycles. The van der Waals surface area contributed by atoms with E-state index < -0.39 is 0 Å². The van der Waals surface area contributed by atoms with Crippen molar-refractivity contribution in [2.24, 2.45) is 5.10 Å². The average molecular weight is 481 g/mol. The standard InChI is InChI=1S/C28H22F2N6/c1-36(2)20-12-18(13-31-15-20)21-11-8-17-14-32-35-27(24(17)25(21)30)28-33-23-5-3-4-22(26(23)34-28)16-6-9-19(29)10-7-16/h3-13,15,32H,14H2,1-2H3,(H,33,34). The lowest BCUT2D eigenvalue weighted by Gasteiger charge is -2.19. The van der Waals surface area contributed by atoms with Gasteiger partial charge < -0.3 is 15.3 Å². The van der Waals surface area contributed by atoms with Gasteiger partial charge in [0.05, 0.1) is 29.5 Å². The number of nitrogens with one attached hydrogen (secondary N) is 2. The third kappa shape index (κ3) is 3.67. The van der Waals surface area contributed by atoms with Crippen LogP contribution in [0.3, 0.4) is 0 Å². The Morgan fingerprint density at radius 2 is 1.72 bits per heavy atom. The van der Waals surface area contributed by atoms with Crippen molar-refractivity contribution in [3.05, 3.63) is 102 Å². The number of pyridine rings is 1. The molecule has 2 N–H and O–H groups in total. The first-order chi connectivity index (χ1) is 17.5. The van der Waals surface area contributed by atoms with E-state index in [1.807, 2.05) is 49.3 Å². The molecule has 0 fully saturated rings. The van der Waals surface area contributed by atoms with Crippen LogP contribution in [0.2, 0.25) is 0 Å². The van der Waals surface area contributed by atoms with Crippen LogP contribution in [0, 0.1) is 11.6 Å². The molecule has 6 rings (SSSR count). The van der Waals surface area contributed by atoms with Gasteiger partial charge in [0.25, 0.3) is 0 Å². The predicted octanol–water partition coefficient (Wildman–Crippen LogP) is 5.49. The Balaban J connectivity index is 1.48. The molecule has 1 aliphatic rings. The zero-order valence-electron chi connectivity index (χ0n) is 19.7. The van der Waals surface area contributed by atoms with Gasteiger partial charge in [0.1, 0.15) is 17.3 Å². The minimum Gasteiger partial charge on any atom is -0.376 e. The van der Waals surface area contributed by atoms with E-state index in [2.05, 4.69) is 20.5 Å². The summed E-state index contributed by atoms with van der Waals surface area (Å²) in [6, 6.07) is 17.6. The molecule has 8 heteroatoms. The SMILES string of the molecule is CN(C)c1cncc(-c2ccc3c(c2F)C(c2nc4c(-c5ccc(F)cc5)cccc4[nH]2)=NNC3)c1. The summed E-state index contributed by atoms with van der Waals surface area (Å²) in [7, 11) is 3.84. The highest BCUT2D eigenvalue weighted by Gasteiger charge is 2.26. The first kappa shape index (κ1) is 21.9. The number of para-hydroxylation sites is 1. The van der Waals surface area contributed by atoms with Gasteiger partial charge in [-0.2, -0.15) is 5.10 Å². The van der Waals surface area contributed by atoms with Crippen molar-refractivity contribution in [3.63, 3.8) is 0 Å². The number of halogens is 2. The summed E-state index contributed by atoms with van der Waals surface area (Å²) in [5.41, 5.74) is 9.77. The van der Waals surface area contributed by atoms with Crippen LogP contribution in [0.15, 0.2) is 78.2 Å². The quantitative estimate of drug-likeness (QED) is 0.357. The molecule has 0 saturated carbocycles.